The quantitative estimate of drug-likeness (QED) is 0.417. The lowest BCUT2D eigenvalue weighted by Gasteiger charge is -2.64. The normalized spacial score (nSPS) is 24.9. The Morgan fingerprint density at radius 1 is 1.08 bits per heavy atom. The zero-order chi connectivity index (χ0) is 25.2. The van der Waals surface area contributed by atoms with Crippen molar-refractivity contribution in [3.63, 3.8) is 0 Å². The maximum atomic E-state index is 13.3. The van der Waals surface area contributed by atoms with Gasteiger partial charge in [0.25, 0.3) is 0 Å². The lowest BCUT2D eigenvalue weighted by atomic mass is 9.40. The zero-order valence-corrected chi connectivity index (χ0v) is 21.7. The first-order chi connectivity index (χ1) is 17.1. The van der Waals surface area contributed by atoms with Gasteiger partial charge in [0.2, 0.25) is 5.91 Å². The van der Waals surface area contributed by atoms with E-state index in [0.717, 1.165) is 48.3 Å². The van der Waals surface area contributed by atoms with E-state index in [2.05, 4.69) is 22.6 Å². The predicted molar refractivity (Wildman–Crippen MR) is 138 cm³/mol. The molecule has 5 nitrogen and oxygen atoms in total. The maximum absolute atomic E-state index is 13.3. The molecule has 1 amide bonds. The van der Waals surface area contributed by atoms with Crippen LogP contribution in [0.5, 0.6) is 0 Å². The van der Waals surface area contributed by atoms with Gasteiger partial charge in [0.05, 0.1) is 10.6 Å². The molecule has 3 aliphatic carbocycles. The Morgan fingerprint density at radius 3 is 2.36 bits per heavy atom. The van der Waals surface area contributed by atoms with Crippen LogP contribution in [0.25, 0.3) is 10.9 Å². The molecular formula is C29H33FN2O3S. The Kier molecular flexibility index (Phi) is 5.56. The second kappa shape index (κ2) is 8.44. The summed E-state index contributed by atoms with van der Waals surface area (Å²) < 4.78 is 41.2. The van der Waals surface area contributed by atoms with E-state index in [1.165, 1.54) is 49.1 Å². The lowest BCUT2D eigenvalue weighted by molar-refractivity contribution is -0.173. The molecule has 1 aliphatic heterocycles. The Labute approximate surface area is 212 Å². The zero-order valence-electron chi connectivity index (χ0n) is 20.9. The number of aryl methyl sites for hydroxylation is 1. The molecule has 2 heterocycles. The molecule has 1 aromatic heterocycles. The average molecular weight is 509 g/mol. The number of hydrogen-bond donors (Lipinski definition) is 0. The van der Waals surface area contributed by atoms with Gasteiger partial charge in [-0.25, -0.2) is 12.8 Å². The number of benzene rings is 2. The van der Waals surface area contributed by atoms with Crippen molar-refractivity contribution >= 4 is 26.6 Å². The van der Waals surface area contributed by atoms with E-state index < -0.39 is 15.7 Å². The third-order valence-electron chi connectivity index (χ3n) is 9.24. The fourth-order valence-electron chi connectivity index (χ4n) is 6.85. The fraction of sp³-hybridized carbons (Fsp3) is 0.483. The van der Waals surface area contributed by atoms with Crippen LogP contribution in [0.4, 0.5) is 4.39 Å². The highest BCUT2D eigenvalue weighted by molar-refractivity contribution is 7.90. The van der Waals surface area contributed by atoms with Crippen LogP contribution in [-0.4, -0.2) is 36.9 Å². The third-order valence-corrected chi connectivity index (χ3v) is 10.9. The number of amides is 1. The molecule has 3 aromatic rings. The molecule has 4 fully saturated rings. The van der Waals surface area contributed by atoms with Gasteiger partial charge in [0.1, 0.15) is 5.82 Å². The largest absolute Gasteiger partial charge is 0.350 e. The summed E-state index contributed by atoms with van der Waals surface area (Å²) in [5, 5.41) is 1.08. The number of hydrogen-bond acceptors (Lipinski definition) is 3. The van der Waals surface area contributed by atoms with Crippen LogP contribution >= 0.6 is 0 Å². The predicted octanol–water partition coefficient (Wildman–Crippen LogP) is 5.43. The van der Waals surface area contributed by atoms with Gasteiger partial charge in [0, 0.05) is 43.2 Å². The van der Waals surface area contributed by atoms with E-state index in [0.29, 0.717) is 17.2 Å². The van der Waals surface area contributed by atoms with Crippen LogP contribution in [0.1, 0.15) is 56.1 Å². The van der Waals surface area contributed by atoms with Crippen molar-refractivity contribution in [2.45, 2.75) is 55.6 Å². The highest BCUT2D eigenvalue weighted by atomic mass is 32.2. The van der Waals surface area contributed by atoms with Crippen molar-refractivity contribution in [1.29, 1.82) is 0 Å². The molecule has 0 spiro atoms. The number of piperidine rings is 1. The summed E-state index contributed by atoms with van der Waals surface area (Å²) in [5.74, 6) is 1.11. The Balaban J connectivity index is 1.19. The summed E-state index contributed by atoms with van der Waals surface area (Å²) in [5.41, 5.74) is 3.33. The SMILES string of the molecule is C[C@@H](C(=O)N1CCC(c2cn(C)c3ccc(CS(=O)(=O)c4ccc(F)cc4)cc23)CC1)C12CC(C1)C2. The summed E-state index contributed by atoms with van der Waals surface area (Å²) in [6, 6.07) is 10.8. The lowest BCUT2D eigenvalue weighted by Crippen LogP contribution is -2.59. The second-order valence-corrected chi connectivity index (χ2v) is 13.4. The molecule has 0 N–H and O–H groups in total. The number of aromatic nitrogens is 1. The molecule has 7 rings (SSSR count). The number of carbonyl (C=O) groups is 1. The Bertz CT molecular complexity index is 1420. The third kappa shape index (κ3) is 3.87. The number of carbonyl (C=O) groups excluding carboxylic acids is 1. The minimum absolute atomic E-state index is 0.127. The van der Waals surface area contributed by atoms with Gasteiger partial charge in [-0.15, -0.1) is 0 Å². The number of likely N-dealkylation sites (tertiary alicyclic amines) is 1. The van der Waals surface area contributed by atoms with E-state index in [4.69, 9.17) is 0 Å². The van der Waals surface area contributed by atoms with Crippen molar-refractivity contribution < 1.29 is 17.6 Å². The molecule has 190 valence electrons. The fourth-order valence-corrected chi connectivity index (χ4v) is 8.19. The molecule has 1 saturated heterocycles. The second-order valence-electron chi connectivity index (χ2n) is 11.4. The Hall–Kier alpha value is -2.67. The number of halogens is 1. The van der Waals surface area contributed by atoms with Crippen LogP contribution < -0.4 is 0 Å². The summed E-state index contributed by atoms with van der Waals surface area (Å²) in [6.45, 7) is 3.70. The van der Waals surface area contributed by atoms with Gasteiger partial charge in [-0.1, -0.05) is 13.0 Å². The highest BCUT2D eigenvalue weighted by Gasteiger charge is 2.61. The first-order valence-electron chi connectivity index (χ1n) is 13.0. The van der Waals surface area contributed by atoms with Gasteiger partial charge in [-0.3, -0.25) is 4.79 Å². The summed E-state index contributed by atoms with van der Waals surface area (Å²) in [7, 11) is -1.56. The van der Waals surface area contributed by atoms with Crippen molar-refractivity contribution in [2.24, 2.45) is 24.3 Å². The van der Waals surface area contributed by atoms with Gasteiger partial charge < -0.3 is 9.47 Å². The first-order valence-corrected chi connectivity index (χ1v) is 14.7. The summed E-state index contributed by atoms with van der Waals surface area (Å²) in [6.07, 6.45) is 7.73. The topological polar surface area (TPSA) is 59.4 Å². The van der Waals surface area contributed by atoms with Gasteiger partial charge in [-0.2, -0.15) is 0 Å². The van der Waals surface area contributed by atoms with Gasteiger partial charge in [-0.05, 0) is 96.9 Å². The van der Waals surface area contributed by atoms with Crippen molar-refractivity contribution in [3.8, 4) is 0 Å². The van der Waals surface area contributed by atoms with E-state index in [-0.39, 0.29) is 16.6 Å². The van der Waals surface area contributed by atoms with Crippen LogP contribution in [-0.2, 0) is 27.4 Å². The van der Waals surface area contributed by atoms with Gasteiger partial charge in [0.15, 0.2) is 9.84 Å². The Morgan fingerprint density at radius 2 is 1.75 bits per heavy atom. The molecule has 0 unspecified atom stereocenters. The highest BCUT2D eigenvalue weighted by Crippen LogP contribution is 2.68. The molecule has 4 aliphatic rings. The smallest absolute Gasteiger partial charge is 0.225 e. The van der Waals surface area contributed by atoms with Gasteiger partial charge >= 0.3 is 0 Å². The molecule has 2 bridgehead atoms. The van der Waals surface area contributed by atoms with E-state index >= 15 is 0 Å². The summed E-state index contributed by atoms with van der Waals surface area (Å²) in [4.78, 5) is 15.4. The number of fused-ring (bicyclic) bond motifs is 1. The minimum atomic E-state index is -3.58. The number of rotatable bonds is 6. The maximum Gasteiger partial charge on any atom is 0.225 e. The molecular weight excluding hydrogens is 475 g/mol. The molecule has 2 aromatic carbocycles. The first kappa shape index (κ1) is 23.7. The van der Waals surface area contributed by atoms with Crippen molar-refractivity contribution in [1.82, 2.24) is 9.47 Å². The van der Waals surface area contributed by atoms with Crippen LogP contribution in [0, 0.1) is 23.1 Å². The molecule has 36 heavy (non-hydrogen) atoms. The summed E-state index contributed by atoms with van der Waals surface area (Å²) >= 11 is 0. The molecule has 1 atom stereocenters. The van der Waals surface area contributed by atoms with Crippen LogP contribution in [0.3, 0.4) is 0 Å². The molecule has 7 heteroatoms. The minimum Gasteiger partial charge on any atom is -0.350 e. The van der Waals surface area contributed by atoms with Crippen molar-refractivity contribution in [3.05, 3.63) is 65.6 Å². The standard InChI is InChI=1S/C29H33FN2O3S/c1-19(29-14-21(15-29)16-29)28(33)32-11-9-22(10-12-32)26-17-31(2)27-8-3-20(13-25(26)27)18-36(34,35)24-6-4-23(30)5-7-24/h3-8,13,17,19,21-22H,9-12,14-16,18H2,1-2H3/t19-,21?,29?/m0/s1. The monoisotopic (exact) mass is 508 g/mol. The van der Waals surface area contributed by atoms with E-state index in [1.54, 1.807) is 0 Å². The van der Waals surface area contributed by atoms with E-state index in [1.807, 2.05) is 25.2 Å². The number of sulfone groups is 1. The van der Waals surface area contributed by atoms with Crippen LogP contribution in [0.15, 0.2) is 53.6 Å². The molecule has 3 saturated carbocycles. The van der Waals surface area contributed by atoms with Crippen LogP contribution in [0.2, 0.25) is 0 Å². The van der Waals surface area contributed by atoms with Crippen molar-refractivity contribution in [2.75, 3.05) is 13.1 Å². The average Bonchev–Trinajstić information content (AvgIpc) is 3.12. The van der Waals surface area contributed by atoms with E-state index in [9.17, 15) is 17.6 Å². The number of nitrogens with zero attached hydrogens (tertiary/aromatic N) is 2. The molecule has 0 radical (unpaired) electrons.